The zero-order chi connectivity index (χ0) is 14.7. The number of benzene rings is 1. The van der Waals surface area contributed by atoms with Crippen molar-refractivity contribution in [3.05, 3.63) is 56.2 Å². The van der Waals surface area contributed by atoms with Gasteiger partial charge in [-0.3, -0.25) is 14.3 Å². The molecule has 0 aliphatic heterocycles. The van der Waals surface area contributed by atoms with E-state index in [0.29, 0.717) is 11.6 Å². The summed E-state index contributed by atoms with van der Waals surface area (Å²) < 4.78 is 1.61. The molecule has 106 valence electrons. The van der Waals surface area contributed by atoms with Gasteiger partial charge in [0.25, 0.3) is 5.56 Å². The number of rotatable bonds is 4. The van der Waals surface area contributed by atoms with Crippen LogP contribution in [0, 0.1) is 13.8 Å². The van der Waals surface area contributed by atoms with Gasteiger partial charge in [-0.2, -0.15) is 0 Å². The first-order chi connectivity index (χ1) is 9.49. The lowest BCUT2D eigenvalue weighted by Gasteiger charge is -2.11. The molecule has 2 aromatic rings. The number of nitrogens with zero attached hydrogens (tertiary/aromatic N) is 1. The Labute approximate surface area is 121 Å². The molecule has 1 aromatic heterocycles. The molecule has 0 saturated heterocycles. The second kappa shape index (κ2) is 6.13. The molecular formula is C15H18N2O2S. The molecule has 0 unspecified atom stereocenters. The van der Waals surface area contributed by atoms with E-state index < -0.39 is 0 Å². The van der Waals surface area contributed by atoms with Gasteiger partial charge in [0.15, 0.2) is 0 Å². The monoisotopic (exact) mass is 290 g/mol. The largest absolute Gasteiger partial charge is 0.329 e. The summed E-state index contributed by atoms with van der Waals surface area (Å²) >= 11 is 1.45. The molecule has 1 aromatic carbocycles. The minimum Gasteiger partial charge on any atom is -0.288 e. The summed E-state index contributed by atoms with van der Waals surface area (Å²) in [7, 11) is 0. The molecule has 1 N–H and O–H groups in total. The van der Waals surface area contributed by atoms with Gasteiger partial charge in [0.05, 0.1) is 5.03 Å². The predicted molar refractivity (Wildman–Crippen MR) is 81.7 cm³/mol. The topological polar surface area (TPSA) is 54.9 Å². The maximum Gasteiger partial charge on any atom is 0.329 e. The first kappa shape index (κ1) is 14.7. The van der Waals surface area contributed by atoms with Crippen molar-refractivity contribution in [1.29, 1.82) is 0 Å². The van der Waals surface area contributed by atoms with Crippen molar-refractivity contribution in [1.82, 2.24) is 9.55 Å². The lowest BCUT2D eigenvalue weighted by atomic mass is 10.2. The van der Waals surface area contributed by atoms with E-state index >= 15 is 0 Å². The number of hydrogen-bond acceptors (Lipinski definition) is 3. The molecule has 0 fully saturated rings. The lowest BCUT2D eigenvalue weighted by Crippen LogP contribution is -2.30. The summed E-state index contributed by atoms with van der Waals surface area (Å²) in [5, 5.41) is 0.686. The Kier molecular flexibility index (Phi) is 4.49. The van der Waals surface area contributed by atoms with E-state index in [2.05, 4.69) is 23.2 Å². The van der Waals surface area contributed by atoms with Crippen LogP contribution in [0.5, 0.6) is 0 Å². The highest BCUT2D eigenvalue weighted by Crippen LogP contribution is 2.27. The minimum absolute atomic E-state index is 0.341. The van der Waals surface area contributed by atoms with Crippen LogP contribution >= 0.6 is 11.8 Å². The molecule has 4 nitrogen and oxygen atoms in total. The molecule has 0 amide bonds. The maximum atomic E-state index is 11.9. The first-order valence-corrected chi connectivity index (χ1v) is 7.41. The van der Waals surface area contributed by atoms with E-state index in [4.69, 9.17) is 0 Å². The summed E-state index contributed by atoms with van der Waals surface area (Å²) in [4.78, 5) is 26.7. The van der Waals surface area contributed by atoms with E-state index in [0.717, 1.165) is 11.3 Å². The van der Waals surface area contributed by atoms with E-state index in [-0.39, 0.29) is 11.2 Å². The number of aromatic nitrogens is 2. The van der Waals surface area contributed by atoms with E-state index in [9.17, 15) is 9.59 Å². The standard InChI is InChI=1S/C15H18N2O2S/c1-4-5-17-14(9-13(18)16-15(17)19)20-12-7-10(2)6-11(3)8-12/h6-9H,4-5H2,1-3H3,(H,16,18,19). The average Bonchev–Trinajstić information content (AvgIpc) is 2.32. The molecule has 1 heterocycles. The van der Waals surface area contributed by atoms with Crippen LogP contribution in [-0.2, 0) is 6.54 Å². The summed E-state index contributed by atoms with van der Waals surface area (Å²) in [6, 6.07) is 7.69. The van der Waals surface area contributed by atoms with E-state index in [1.165, 1.54) is 29.0 Å². The van der Waals surface area contributed by atoms with Crippen LogP contribution in [0.4, 0.5) is 0 Å². The highest BCUT2D eigenvalue weighted by Gasteiger charge is 2.08. The summed E-state index contributed by atoms with van der Waals surface area (Å²) in [6.07, 6.45) is 0.840. The Balaban J connectivity index is 2.46. The normalized spacial score (nSPS) is 10.8. The molecule has 0 radical (unpaired) electrons. The van der Waals surface area contributed by atoms with Gasteiger partial charge in [-0.25, -0.2) is 4.79 Å². The van der Waals surface area contributed by atoms with Crippen LogP contribution in [-0.4, -0.2) is 9.55 Å². The molecule has 0 saturated carbocycles. The quantitative estimate of drug-likeness (QED) is 0.881. The van der Waals surface area contributed by atoms with Crippen molar-refractivity contribution in [2.45, 2.75) is 43.7 Å². The zero-order valence-corrected chi connectivity index (χ0v) is 12.7. The fourth-order valence-corrected chi connectivity index (χ4v) is 3.31. The fraction of sp³-hybridized carbons (Fsp3) is 0.333. The number of hydrogen-bond donors (Lipinski definition) is 1. The summed E-state index contributed by atoms with van der Waals surface area (Å²) in [5.74, 6) is 0. The SMILES string of the molecule is CCCn1c(Sc2cc(C)cc(C)c2)cc(=O)[nH]c1=O. The second-order valence-electron chi connectivity index (χ2n) is 4.85. The maximum absolute atomic E-state index is 11.9. The predicted octanol–water partition coefficient (Wildman–Crippen LogP) is 2.71. The first-order valence-electron chi connectivity index (χ1n) is 6.60. The molecule has 5 heteroatoms. The number of aromatic amines is 1. The van der Waals surface area contributed by atoms with Gasteiger partial charge in [-0.1, -0.05) is 24.8 Å². The lowest BCUT2D eigenvalue weighted by molar-refractivity contribution is 0.580. The Bertz CT molecular complexity index is 711. The average molecular weight is 290 g/mol. The third-order valence-corrected chi connectivity index (χ3v) is 3.88. The van der Waals surface area contributed by atoms with Crippen LogP contribution in [0.2, 0.25) is 0 Å². The molecular weight excluding hydrogens is 272 g/mol. The van der Waals surface area contributed by atoms with Gasteiger partial charge in [0.2, 0.25) is 0 Å². The molecule has 0 spiro atoms. The number of nitrogens with one attached hydrogen (secondary N) is 1. The van der Waals surface area contributed by atoms with Crippen LogP contribution in [0.25, 0.3) is 0 Å². The van der Waals surface area contributed by atoms with Crippen molar-refractivity contribution in [2.24, 2.45) is 0 Å². The van der Waals surface area contributed by atoms with Crippen molar-refractivity contribution in [3.8, 4) is 0 Å². The highest BCUT2D eigenvalue weighted by molar-refractivity contribution is 7.99. The third kappa shape index (κ3) is 3.42. The van der Waals surface area contributed by atoms with Crippen LogP contribution < -0.4 is 11.2 Å². The van der Waals surface area contributed by atoms with Gasteiger partial charge < -0.3 is 0 Å². The molecule has 0 aliphatic carbocycles. The summed E-state index contributed by atoms with van der Waals surface area (Å²) in [5.41, 5.74) is 1.64. The van der Waals surface area contributed by atoms with Crippen molar-refractivity contribution >= 4 is 11.8 Å². The van der Waals surface area contributed by atoms with Gasteiger partial charge in [-0.15, -0.1) is 0 Å². The van der Waals surface area contributed by atoms with Gasteiger partial charge >= 0.3 is 5.69 Å². The number of H-pyrrole nitrogens is 1. The third-order valence-electron chi connectivity index (χ3n) is 2.86. The van der Waals surface area contributed by atoms with Gasteiger partial charge in [-0.05, 0) is 43.5 Å². The number of aryl methyl sites for hydroxylation is 2. The molecule has 0 atom stereocenters. The molecule has 0 aliphatic rings. The van der Waals surface area contributed by atoms with Gasteiger partial charge in [0.1, 0.15) is 0 Å². The van der Waals surface area contributed by atoms with E-state index in [1.54, 1.807) is 4.57 Å². The Morgan fingerprint density at radius 3 is 2.35 bits per heavy atom. The van der Waals surface area contributed by atoms with Gasteiger partial charge in [0, 0.05) is 17.5 Å². The van der Waals surface area contributed by atoms with E-state index in [1.807, 2.05) is 20.8 Å². The van der Waals surface area contributed by atoms with Crippen LogP contribution in [0.15, 0.2) is 43.8 Å². The molecule has 20 heavy (non-hydrogen) atoms. The fourth-order valence-electron chi connectivity index (χ4n) is 2.13. The van der Waals surface area contributed by atoms with Crippen LogP contribution in [0.3, 0.4) is 0 Å². The van der Waals surface area contributed by atoms with Crippen molar-refractivity contribution < 1.29 is 0 Å². The summed E-state index contributed by atoms with van der Waals surface area (Å²) in [6.45, 7) is 6.67. The zero-order valence-electron chi connectivity index (χ0n) is 11.9. The Morgan fingerprint density at radius 2 is 1.75 bits per heavy atom. The van der Waals surface area contributed by atoms with Crippen molar-refractivity contribution in [2.75, 3.05) is 0 Å². The molecule has 0 bridgehead atoms. The Hall–Kier alpha value is -1.75. The van der Waals surface area contributed by atoms with Crippen LogP contribution in [0.1, 0.15) is 24.5 Å². The minimum atomic E-state index is -0.353. The Morgan fingerprint density at radius 1 is 1.10 bits per heavy atom. The second-order valence-corrected chi connectivity index (χ2v) is 5.95. The smallest absolute Gasteiger partial charge is 0.288 e. The van der Waals surface area contributed by atoms with Crippen molar-refractivity contribution in [3.63, 3.8) is 0 Å². The highest BCUT2D eigenvalue weighted by atomic mass is 32.2. The molecule has 2 rings (SSSR count).